The summed E-state index contributed by atoms with van der Waals surface area (Å²) < 4.78 is 34.6. The lowest BCUT2D eigenvalue weighted by molar-refractivity contribution is 0.0992. The molecule has 3 atom stereocenters. The van der Waals surface area contributed by atoms with Gasteiger partial charge in [0.1, 0.15) is 0 Å². The van der Waals surface area contributed by atoms with Crippen molar-refractivity contribution < 1.29 is 18.3 Å². The van der Waals surface area contributed by atoms with Crippen LogP contribution in [0.25, 0.3) is 0 Å². The molecule has 0 aromatic carbocycles. The second-order valence-corrected chi connectivity index (χ2v) is 7.57. The van der Waals surface area contributed by atoms with Gasteiger partial charge >= 0.3 is 0 Å². The number of aliphatic hydroxyl groups excluding tert-OH is 1. The number of rotatable bonds is 4. The van der Waals surface area contributed by atoms with E-state index in [0.717, 1.165) is 32.1 Å². The van der Waals surface area contributed by atoms with Crippen molar-refractivity contribution in [1.29, 1.82) is 0 Å². The molecule has 0 saturated carbocycles. The first-order chi connectivity index (χ1) is 9.08. The molecular formula is C12H22N2O4S. The minimum atomic E-state index is -3.40. The molecule has 3 saturated heterocycles. The van der Waals surface area contributed by atoms with Gasteiger partial charge < -0.3 is 9.84 Å². The smallest absolute Gasteiger partial charge is 0.279 e. The number of nitrogens with zero attached hydrogens (tertiary/aromatic N) is 1. The number of nitrogens with one attached hydrogen (secondary N) is 1. The monoisotopic (exact) mass is 290 g/mol. The first-order valence-electron chi connectivity index (χ1n) is 7.12. The molecule has 3 aliphatic rings. The number of aliphatic hydroxyl groups is 1. The van der Waals surface area contributed by atoms with Crippen molar-refractivity contribution in [3.05, 3.63) is 0 Å². The standard InChI is InChI=1S/C12H22N2O4S/c15-8-9-3-5-14(6-4-9)19(16,17)13-11-7-10-1-2-12(11)18-10/h9-13,15H,1-8H2. The van der Waals surface area contributed by atoms with E-state index in [0.29, 0.717) is 13.1 Å². The average Bonchev–Trinajstić information content (AvgIpc) is 3.00. The van der Waals surface area contributed by atoms with Gasteiger partial charge in [-0.2, -0.15) is 17.4 Å². The number of ether oxygens (including phenoxy) is 1. The highest BCUT2D eigenvalue weighted by atomic mass is 32.2. The zero-order valence-corrected chi connectivity index (χ0v) is 11.8. The zero-order valence-electron chi connectivity index (χ0n) is 11.0. The normalized spacial score (nSPS) is 37.0. The van der Waals surface area contributed by atoms with Crippen LogP contribution in [0.4, 0.5) is 0 Å². The molecule has 0 aliphatic carbocycles. The van der Waals surface area contributed by atoms with Gasteiger partial charge in [0.25, 0.3) is 10.2 Å². The van der Waals surface area contributed by atoms with Crippen molar-refractivity contribution in [2.75, 3.05) is 19.7 Å². The molecule has 3 heterocycles. The highest BCUT2D eigenvalue weighted by Crippen LogP contribution is 2.34. The summed E-state index contributed by atoms with van der Waals surface area (Å²) in [6.45, 7) is 1.16. The number of fused-ring (bicyclic) bond motifs is 2. The Morgan fingerprint density at radius 1 is 1.21 bits per heavy atom. The average molecular weight is 290 g/mol. The van der Waals surface area contributed by atoms with Crippen LogP contribution in [0.2, 0.25) is 0 Å². The van der Waals surface area contributed by atoms with E-state index in [4.69, 9.17) is 9.84 Å². The Balaban J connectivity index is 1.57. The van der Waals surface area contributed by atoms with E-state index in [1.807, 2.05) is 0 Å². The molecule has 3 unspecified atom stereocenters. The molecule has 0 radical (unpaired) electrons. The maximum atomic E-state index is 12.3. The summed E-state index contributed by atoms with van der Waals surface area (Å²) in [5, 5.41) is 9.08. The third kappa shape index (κ3) is 2.80. The maximum Gasteiger partial charge on any atom is 0.279 e. The van der Waals surface area contributed by atoms with E-state index in [9.17, 15) is 8.42 Å². The lowest BCUT2D eigenvalue weighted by Crippen LogP contribution is -2.50. The van der Waals surface area contributed by atoms with Gasteiger partial charge in [-0.05, 0) is 38.0 Å². The van der Waals surface area contributed by atoms with E-state index in [1.165, 1.54) is 4.31 Å². The van der Waals surface area contributed by atoms with E-state index >= 15 is 0 Å². The van der Waals surface area contributed by atoms with Crippen molar-refractivity contribution >= 4 is 10.2 Å². The minimum Gasteiger partial charge on any atom is -0.396 e. The molecule has 7 heteroatoms. The lowest BCUT2D eigenvalue weighted by atomic mass is 9.96. The van der Waals surface area contributed by atoms with Gasteiger partial charge in [-0.3, -0.25) is 0 Å². The molecule has 0 amide bonds. The maximum absolute atomic E-state index is 12.3. The Kier molecular flexibility index (Phi) is 3.83. The van der Waals surface area contributed by atoms with Crippen molar-refractivity contribution in [2.24, 2.45) is 5.92 Å². The van der Waals surface area contributed by atoms with Gasteiger partial charge in [-0.25, -0.2) is 0 Å². The molecule has 3 rings (SSSR count). The van der Waals surface area contributed by atoms with Crippen molar-refractivity contribution in [3.63, 3.8) is 0 Å². The number of hydrogen-bond acceptors (Lipinski definition) is 4. The van der Waals surface area contributed by atoms with Crippen molar-refractivity contribution in [3.8, 4) is 0 Å². The zero-order chi connectivity index (χ0) is 13.5. The fraction of sp³-hybridized carbons (Fsp3) is 1.00. The van der Waals surface area contributed by atoms with Crippen LogP contribution in [-0.2, 0) is 14.9 Å². The van der Waals surface area contributed by atoms with Gasteiger partial charge in [0, 0.05) is 19.7 Å². The minimum absolute atomic E-state index is 0.0562. The fourth-order valence-corrected chi connectivity index (χ4v) is 4.83. The molecule has 0 spiro atoms. The van der Waals surface area contributed by atoms with Crippen LogP contribution in [0.1, 0.15) is 32.1 Å². The Bertz CT molecular complexity index is 419. The van der Waals surface area contributed by atoms with Crippen LogP contribution in [0.3, 0.4) is 0 Å². The quantitative estimate of drug-likeness (QED) is 0.754. The summed E-state index contributed by atoms with van der Waals surface area (Å²) in [5.74, 6) is 0.247. The highest BCUT2D eigenvalue weighted by molar-refractivity contribution is 7.87. The van der Waals surface area contributed by atoms with Gasteiger partial charge in [0.15, 0.2) is 0 Å². The van der Waals surface area contributed by atoms with Crippen LogP contribution in [0, 0.1) is 5.92 Å². The Labute approximate surface area is 114 Å². The summed E-state index contributed by atoms with van der Waals surface area (Å²) in [6.07, 6.45) is 4.62. The highest BCUT2D eigenvalue weighted by Gasteiger charge is 2.43. The molecule has 0 aromatic heterocycles. The Morgan fingerprint density at radius 3 is 2.47 bits per heavy atom. The third-order valence-corrected chi connectivity index (χ3v) is 6.22. The summed E-state index contributed by atoms with van der Waals surface area (Å²) >= 11 is 0. The van der Waals surface area contributed by atoms with Crippen molar-refractivity contribution in [2.45, 2.75) is 50.4 Å². The molecule has 19 heavy (non-hydrogen) atoms. The molecule has 6 nitrogen and oxygen atoms in total. The molecule has 0 aromatic rings. The summed E-state index contributed by atoms with van der Waals surface area (Å²) in [5.41, 5.74) is 0. The van der Waals surface area contributed by atoms with Crippen LogP contribution >= 0.6 is 0 Å². The summed E-state index contributed by atoms with van der Waals surface area (Å²) in [7, 11) is -3.40. The van der Waals surface area contributed by atoms with Gasteiger partial charge in [0.2, 0.25) is 0 Å². The predicted molar refractivity (Wildman–Crippen MR) is 69.7 cm³/mol. The van der Waals surface area contributed by atoms with Gasteiger partial charge in [-0.15, -0.1) is 0 Å². The van der Waals surface area contributed by atoms with Crippen LogP contribution in [-0.4, -0.2) is 55.8 Å². The number of piperidine rings is 1. The van der Waals surface area contributed by atoms with Crippen LogP contribution in [0.15, 0.2) is 0 Å². The second kappa shape index (κ2) is 5.29. The molecule has 3 aliphatic heterocycles. The van der Waals surface area contributed by atoms with Crippen LogP contribution < -0.4 is 4.72 Å². The van der Waals surface area contributed by atoms with Gasteiger partial charge in [0.05, 0.1) is 18.2 Å². The summed E-state index contributed by atoms with van der Waals surface area (Å²) in [6, 6.07) is -0.0562. The predicted octanol–water partition coefficient (Wildman–Crippen LogP) is -0.155. The topological polar surface area (TPSA) is 78.9 Å². The second-order valence-electron chi connectivity index (χ2n) is 5.86. The lowest BCUT2D eigenvalue weighted by Gasteiger charge is -2.32. The van der Waals surface area contributed by atoms with E-state index in [-0.39, 0.29) is 30.8 Å². The molecule has 2 N–H and O–H groups in total. The summed E-state index contributed by atoms with van der Waals surface area (Å²) in [4.78, 5) is 0. The molecule has 2 bridgehead atoms. The Morgan fingerprint density at radius 2 is 1.95 bits per heavy atom. The largest absolute Gasteiger partial charge is 0.396 e. The molecular weight excluding hydrogens is 268 g/mol. The van der Waals surface area contributed by atoms with Gasteiger partial charge in [-0.1, -0.05) is 0 Å². The fourth-order valence-electron chi connectivity index (χ4n) is 3.36. The van der Waals surface area contributed by atoms with E-state index in [1.54, 1.807) is 0 Å². The third-order valence-electron chi connectivity index (χ3n) is 4.58. The van der Waals surface area contributed by atoms with Crippen LogP contribution in [0.5, 0.6) is 0 Å². The van der Waals surface area contributed by atoms with Crippen molar-refractivity contribution in [1.82, 2.24) is 9.03 Å². The Hall–Kier alpha value is -0.210. The van der Waals surface area contributed by atoms with E-state index in [2.05, 4.69) is 4.72 Å². The van der Waals surface area contributed by atoms with E-state index < -0.39 is 10.2 Å². The number of hydrogen-bond donors (Lipinski definition) is 2. The molecule has 3 fully saturated rings. The SMILES string of the molecule is O=S(=O)(NC1CC2CCC1O2)N1CCC(CO)CC1. The first kappa shape index (κ1) is 13.8. The molecule has 110 valence electrons. The first-order valence-corrected chi connectivity index (χ1v) is 8.56.